The molecule has 0 amide bonds. The summed E-state index contributed by atoms with van der Waals surface area (Å²) in [6.45, 7) is 2.13. The first-order valence-corrected chi connectivity index (χ1v) is 8.14. The normalized spacial score (nSPS) is 18.1. The quantitative estimate of drug-likeness (QED) is 0.722. The first-order valence-electron chi connectivity index (χ1n) is 7.60. The number of aryl methyl sites for hydroxylation is 1. The molecular weight excluding hydrogens is 280 g/mol. The van der Waals surface area contributed by atoms with Gasteiger partial charge in [0, 0.05) is 12.3 Å². The lowest BCUT2D eigenvalue weighted by Crippen LogP contribution is -2.20. The Morgan fingerprint density at radius 3 is 2.81 bits per heavy atom. The van der Waals surface area contributed by atoms with E-state index in [9.17, 15) is 0 Å². The molecule has 0 N–H and O–H groups in total. The number of halogens is 1. The summed E-state index contributed by atoms with van der Waals surface area (Å²) < 4.78 is 6.04. The minimum atomic E-state index is 0.274. The van der Waals surface area contributed by atoms with E-state index in [2.05, 4.69) is 49.4 Å². The number of para-hydroxylation sites is 1. The maximum Gasteiger partial charge on any atom is 0.123 e. The Labute approximate surface area is 131 Å². The van der Waals surface area contributed by atoms with E-state index in [1.54, 1.807) is 0 Å². The van der Waals surface area contributed by atoms with E-state index in [4.69, 9.17) is 16.3 Å². The van der Waals surface area contributed by atoms with Crippen LogP contribution in [0.1, 0.15) is 23.1 Å². The molecule has 1 aliphatic rings. The smallest absolute Gasteiger partial charge is 0.123 e. The van der Waals surface area contributed by atoms with Crippen molar-refractivity contribution < 1.29 is 4.74 Å². The van der Waals surface area contributed by atoms with Gasteiger partial charge in [0.1, 0.15) is 11.9 Å². The standard InChI is InChI=1S/C19H21ClO/c1-14-5-4-6-15(9-14)10-16(13-20)11-18-12-17-7-2-3-8-19(17)21-18/h2-9,16,18H,10-13H2,1H3. The molecule has 2 aromatic carbocycles. The van der Waals surface area contributed by atoms with Gasteiger partial charge in [-0.1, -0.05) is 48.0 Å². The molecule has 1 heterocycles. The molecule has 110 valence electrons. The van der Waals surface area contributed by atoms with Gasteiger partial charge in [-0.3, -0.25) is 0 Å². The molecular formula is C19H21ClO. The van der Waals surface area contributed by atoms with Gasteiger partial charge in [0.25, 0.3) is 0 Å². The Morgan fingerprint density at radius 2 is 2.05 bits per heavy atom. The van der Waals surface area contributed by atoms with Gasteiger partial charge >= 0.3 is 0 Å². The zero-order valence-electron chi connectivity index (χ0n) is 12.4. The minimum Gasteiger partial charge on any atom is -0.490 e. The monoisotopic (exact) mass is 300 g/mol. The van der Waals surface area contributed by atoms with Gasteiger partial charge in [-0.15, -0.1) is 11.6 Å². The first kappa shape index (κ1) is 14.5. The third-order valence-corrected chi connectivity index (χ3v) is 4.57. The van der Waals surface area contributed by atoms with Crippen molar-refractivity contribution >= 4 is 11.6 Å². The molecule has 1 aliphatic heterocycles. The number of hydrogen-bond acceptors (Lipinski definition) is 1. The van der Waals surface area contributed by atoms with Gasteiger partial charge in [-0.2, -0.15) is 0 Å². The highest BCUT2D eigenvalue weighted by Crippen LogP contribution is 2.31. The highest BCUT2D eigenvalue weighted by molar-refractivity contribution is 6.18. The zero-order valence-corrected chi connectivity index (χ0v) is 13.1. The van der Waals surface area contributed by atoms with Crippen LogP contribution in [0.2, 0.25) is 0 Å². The molecule has 21 heavy (non-hydrogen) atoms. The maximum absolute atomic E-state index is 6.19. The third-order valence-electron chi connectivity index (χ3n) is 4.14. The van der Waals surface area contributed by atoms with E-state index in [0.29, 0.717) is 11.8 Å². The number of fused-ring (bicyclic) bond motifs is 1. The zero-order chi connectivity index (χ0) is 14.7. The highest BCUT2D eigenvalue weighted by Gasteiger charge is 2.25. The van der Waals surface area contributed by atoms with E-state index in [-0.39, 0.29) is 6.10 Å². The molecule has 0 fully saturated rings. The van der Waals surface area contributed by atoms with E-state index in [1.165, 1.54) is 16.7 Å². The Balaban J connectivity index is 1.61. The van der Waals surface area contributed by atoms with E-state index in [0.717, 1.165) is 25.0 Å². The second-order valence-electron chi connectivity index (χ2n) is 6.00. The summed E-state index contributed by atoms with van der Waals surface area (Å²) >= 11 is 6.19. The molecule has 0 radical (unpaired) electrons. The second-order valence-corrected chi connectivity index (χ2v) is 6.31. The van der Waals surface area contributed by atoms with Crippen LogP contribution in [0, 0.1) is 12.8 Å². The van der Waals surface area contributed by atoms with Gasteiger partial charge in [-0.05, 0) is 42.9 Å². The van der Waals surface area contributed by atoms with Crippen LogP contribution in [0.3, 0.4) is 0 Å². The summed E-state index contributed by atoms with van der Waals surface area (Å²) in [4.78, 5) is 0. The first-order chi connectivity index (χ1) is 10.2. The molecule has 2 heteroatoms. The predicted octanol–water partition coefficient (Wildman–Crippen LogP) is 4.79. The van der Waals surface area contributed by atoms with Crippen molar-refractivity contribution in [2.24, 2.45) is 5.92 Å². The van der Waals surface area contributed by atoms with E-state index >= 15 is 0 Å². The number of alkyl halides is 1. The molecule has 0 bridgehead atoms. The largest absolute Gasteiger partial charge is 0.490 e. The summed E-state index contributed by atoms with van der Waals surface area (Å²) in [7, 11) is 0. The highest BCUT2D eigenvalue weighted by atomic mass is 35.5. The lowest BCUT2D eigenvalue weighted by molar-refractivity contribution is 0.198. The lowest BCUT2D eigenvalue weighted by Gasteiger charge is -2.18. The lowest BCUT2D eigenvalue weighted by atomic mass is 9.93. The number of benzene rings is 2. The van der Waals surface area contributed by atoms with Gasteiger partial charge in [-0.25, -0.2) is 0 Å². The SMILES string of the molecule is Cc1cccc(CC(CCl)CC2Cc3ccccc3O2)c1. The van der Waals surface area contributed by atoms with Gasteiger partial charge < -0.3 is 4.74 Å². The fraction of sp³-hybridized carbons (Fsp3) is 0.368. The second kappa shape index (κ2) is 6.53. The molecule has 0 saturated carbocycles. The van der Waals surface area contributed by atoms with Crippen LogP contribution < -0.4 is 4.74 Å². The average molecular weight is 301 g/mol. The van der Waals surface area contributed by atoms with E-state index < -0.39 is 0 Å². The molecule has 0 aliphatic carbocycles. The summed E-state index contributed by atoms with van der Waals surface area (Å²) in [6, 6.07) is 17.0. The number of rotatable bonds is 5. The van der Waals surface area contributed by atoms with Crippen LogP contribution in [0.4, 0.5) is 0 Å². The molecule has 0 spiro atoms. The van der Waals surface area contributed by atoms with Gasteiger partial charge in [0.2, 0.25) is 0 Å². The van der Waals surface area contributed by atoms with Crippen LogP contribution in [0.15, 0.2) is 48.5 Å². The van der Waals surface area contributed by atoms with Crippen molar-refractivity contribution in [2.45, 2.75) is 32.3 Å². The van der Waals surface area contributed by atoms with Gasteiger partial charge in [0.05, 0.1) is 0 Å². The molecule has 0 aromatic heterocycles. The van der Waals surface area contributed by atoms with Crippen LogP contribution >= 0.6 is 11.6 Å². The van der Waals surface area contributed by atoms with Crippen molar-refractivity contribution in [2.75, 3.05) is 5.88 Å². The topological polar surface area (TPSA) is 9.23 Å². The van der Waals surface area contributed by atoms with Crippen LogP contribution in [0.5, 0.6) is 5.75 Å². The van der Waals surface area contributed by atoms with Crippen molar-refractivity contribution in [1.82, 2.24) is 0 Å². The fourth-order valence-electron chi connectivity index (χ4n) is 3.13. The van der Waals surface area contributed by atoms with Crippen molar-refractivity contribution in [3.8, 4) is 5.75 Å². The van der Waals surface area contributed by atoms with Crippen molar-refractivity contribution in [3.63, 3.8) is 0 Å². The summed E-state index contributed by atoms with van der Waals surface area (Å²) in [5.41, 5.74) is 4.01. The summed E-state index contributed by atoms with van der Waals surface area (Å²) in [5, 5.41) is 0. The van der Waals surface area contributed by atoms with Crippen molar-refractivity contribution in [3.05, 3.63) is 65.2 Å². The Kier molecular flexibility index (Phi) is 4.50. The summed E-state index contributed by atoms with van der Waals surface area (Å²) in [6.07, 6.45) is 3.33. The minimum absolute atomic E-state index is 0.274. The Morgan fingerprint density at radius 1 is 1.19 bits per heavy atom. The molecule has 0 saturated heterocycles. The molecule has 2 unspecified atom stereocenters. The average Bonchev–Trinajstić information content (AvgIpc) is 2.89. The third kappa shape index (κ3) is 3.59. The molecule has 2 aromatic rings. The number of ether oxygens (including phenoxy) is 1. The molecule has 2 atom stereocenters. The Hall–Kier alpha value is -1.47. The van der Waals surface area contributed by atoms with Gasteiger partial charge in [0.15, 0.2) is 0 Å². The maximum atomic E-state index is 6.19. The summed E-state index contributed by atoms with van der Waals surface area (Å²) in [5.74, 6) is 2.20. The Bertz CT molecular complexity index is 583. The van der Waals surface area contributed by atoms with Crippen LogP contribution in [-0.2, 0) is 12.8 Å². The molecule has 3 rings (SSSR count). The van der Waals surface area contributed by atoms with E-state index in [1.807, 2.05) is 6.07 Å². The number of hydrogen-bond donors (Lipinski definition) is 0. The predicted molar refractivity (Wildman–Crippen MR) is 88.3 cm³/mol. The van der Waals surface area contributed by atoms with Crippen LogP contribution in [0.25, 0.3) is 0 Å². The fourth-order valence-corrected chi connectivity index (χ4v) is 3.37. The van der Waals surface area contributed by atoms with Crippen LogP contribution in [-0.4, -0.2) is 12.0 Å². The molecule has 1 nitrogen and oxygen atoms in total. The van der Waals surface area contributed by atoms with Crippen molar-refractivity contribution in [1.29, 1.82) is 0 Å².